The van der Waals surface area contributed by atoms with Gasteiger partial charge < -0.3 is 4.90 Å². The number of carbonyl (C=O) groups is 1. The normalized spacial score (nSPS) is 10.4. The van der Waals surface area contributed by atoms with Crippen molar-refractivity contribution in [2.75, 3.05) is 12.8 Å². The maximum Gasteiger partial charge on any atom is 0.232 e. The van der Waals surface area contributed by atoms with Crippen molar-refractivity contribution in [2.24, 2.45) is 0 Å². The molecule has 3 heteroatoms. The number of carbonyl (C=O) groups excluding carboxylic acids is 1. The van der Waals surface area contributed by atoms with Crippen molar-refractivity contribution in [3.63, 3.8) is 0 Å². The van der Waals surface area contributed by atoms with Crippen LogP contribution in [-0.4, -0.2) is 23.6 Å². The molecule has 21 heavy (non-hydrogen) atoms. The van der Waals surface area contributed by atoms with Crippen molar-refractivity contribution in [3.8, 4) is 0 Å². The van der Waals surface area contributed by atoms with Gasteiger partial charge in [-0.1, -0.05) is 49.4 Å². The van der Waals surface area contributed by atoms with Gasteiger partial charge in [0, 0.05) is 18.5 Å². The molecule has 0 N–H and O–H groups in total. The first-order valence-corrected chi connectivity index (χ1v) is 8.17. The van der Waals surface area contributed by atoms with E-state index in [1.54, 1.807) is 16.7 Å². The minimum Gasteiger partial charge on any atom is -0.341 e. The van der Waals surface area contributed by atoms with Crippen LogP contribution in [0.15, 0.2) is 59.5 Å². The lowest BCUT2D eigenvalue weighted by Crippen LogP contribution is -2.27. The van der Waals surface area contributed by atoms with E-state index in [0.717, 1.165) is 11.3 Å². The molecular formula is C18H21NOS. The minimum absolute atomic E-state index is 0.156. The molecule has 0 atom stereocenters. The minimum atomic E-state index is 0.156. The van der Waals surface area contributed by atoms with Crippen LogP contribution >= 0.6 is 11.8 Å². The monoisotopic (exact) mass is 299 g/mol. The fourth-order valence-electron chi connectivity index (χ4n) is 2.01. The van der Waals surface area contributed by atoms with E-state index in [0.29, 0.717) is 12.3 Å². The first-order valence-electron chi connectivity index (χ1n) is 7.18. The molecular weight excluding hydrogens is 278 g/mol. The molecule has 2 rings (SSSR count). The number of nitrogens with zero attached hydrogens (tertiary/aromatic N) is 1. The summed E-state index contributed by atoms with van der Waals surface area (Å²) in [5, 5.41) is 0. The summed E-state index contributed by atoms with van der Waals surface area (Å²) in [5.74, 6) is 0.636. The van der Waals surface area contributed by atoms with Gasteiger partial charge in [0.15, 0.2) is 0 Å². The van der Waals surface area contributed by atoms with Crippen LogP contribution in [0.4, 0.5) is 0 Å². The lowest BCUT2D eigenvalue weighted by molar-refractivity contribution is -0.127. The number of thioether (sulfide) groups is 1. The molecule has 0 bridgehead atoms. The summed E-state index contributed by atoms with van der Waals surface area (Å²) in [7, 11) is 1.86. The van der Waals surface area contributed by atoms with Gasteiger partial charge in [-0.3, -0.25) is 4.79 Å². The fourth-order valence-corrected chi connectivity index (χ4v) is 2.87. The van der Waals surface area contributed by atoms with E-state index in [1.165, 1.54) is 11.1 Å². The second-order valence-electron chi connectivity index (χ2n) is 5.02. The predicted molar refractivity (Wildman–Crippen MR) is 89.5 cm³/mol. The fraction of sp³-hybridized carbons (Fsp3) is 0.278. The van der Waals surface area contributed by atoms with Crippen molar-refractivity contribution >= 4 is 17.7 Å². The Hall–Kier alpha value is -1.74. The molecule has 0 spiro atoms. The topological polar surface area (TPSA) is 20.3 Å². The number of hydrogen-bond donors (Lipinski definition) is 0. The quantitative estimate of drug-likeness (QED) is 0.751. The van der Waals surface area contributed by atoms with Crippen LogP contribution in [0.2, 0.25) is 0 Å². The third kappa shape index (κ3) is 4.94. The Morgan fingerprint density at radius 3 is 2.24 bits per heavy atom. The summed E-state index contributed by atoms with van der Waals surface area (Å²) in [4.78, 5) is 15.1. The van der Waals surface area contributed by atoms with Crippen molar-refractivity contribution in [1.29, 1.82) is 0 Å². The van der Waals surface area contributed by atoms with Gasteiger partial charge in [-0.05, 0) is 29.7 Å². The maximum absolute atomic E-state index is 12.1. The second-order valence-corrected chi connectivity index (χ2v) is 6.07. The van der Waals surface area contributed by atoms with Gasteiger partial charge in [0.1, 0.15) is 0 Å². The molecule has 0 aliphatic carbocycles. The first kappa shape index (κ1) is 15.6. The average molecular weight is 299 g/mol. The third-order valence-electron chi connectivity index (χ3n) is 3.38. The summed E-state index contributed by atoms with van der Waals surface area (Å²) < 4.78 is 0. The van der Waals surface area contributed by atoms with Crippen molar-refractivity contribution < 1.29 is 4.79 Å². The van der Waals surface area contributed by atoms with Crippen LogP contribution in [0, 0.1) is 0 Å². The van der Waals surface area contributed by atoms with Gasteiger partial charge in [-0.2, -0.15) is 0 Å². The van der Waals surface area contributed by atoms with E-state index in [2.05, 4.69) is 31.2 Å². The first-order chi connectivity index (χ1) is 10.2. The number of benzene rings is 2. The number of hydrogen-bond acceptors (Lipinski definition) is 2. The van der Waals surface area contributed by atoms with E-state index < -0.39 is 0 Å². The summed E-state index contributed by atoms with van der Waals surface area (Å²) in [6.07, 6.45) is 1.04. The average Bonchev–Trinajstić information content (AvgIpc) is 2.54. The Labute approximate surface area is 131 Å². The molecule has 0 aliphatic heterocycles. The van der Waals surface area contributed by atoms with E-state index in [4.69, 9.17) is 0 Å². The molecule has 1 amide bonds. The van der Waals surface area contributed by atoms with Crippen LogP contribution in [0.25, 0.3) is 0 Å². The highest BCUT2D eigenvalue weighted by Gasteiger charge is 2.09. The molecule has 2 aromatic rings. The number of amides is 1. The molecule has 110 valence electrons. The van der Waals surface area contributed by atoms with E-state index in [1.807, 2.05) is 37.4 Å². The van der Waals surface area contributed by atoms with Crippen molar-refractivity contribution in [2.45, 2.75) is 24.8 Å². The molecule has 0 aliphatic rings. The summed E-state index contributed by atoms with van der Waals surface area (Å²) in [6, 6.07) is 18.5. The smallest absolute Gasteiger partial charge is 0.232 e. The van der Waals surface area contributed by atoms with E-state index in [-0.39, 0.29) is 5.91 Å². The molecule has 2 aromatic carbocycles. The largest absolute Gasteiger partial charge is 0.341 e. The van der Waals surface area contributed by atoms with Gasteiger partial charge in [0.25, 0.3) is 0 Å². The number of rotatable bonds is 6. The van der Waals surface area contributed by atoms with Crippen LogP contribution in [0.5, 0.6) is 0 Å². The van der Waals surface area contributed by atoms with Crippen LogP contribution < -0.4 is 0 Å². The zero-order valence-corrected chi connectivity index (χ0v) is 13.4. The lowest BCUT2D eigenvalue weighted by Gasteiger charge is -2.17. The van der Waals surface area contributed by atoms with E-state index in [9.17, 15) is 4.79 Å². The molecule has 0 aromatic heterocycles. The summed E-state index contributed by atoms with van der Waals surface area (Å²) >= 11 is 1.58. The Morgan fingerprint density at radius 2 is 1.62 bits per heavy atom. The Morgan fingerprint density at radius 1 is 1.00 bits per heavy atom. The van der Waals surface area contributed by atoms with Crippen molar-refractivity contribution in [3.05, 3.63) is 65.7 Å². The van der Waals surface area contributed by atoms with Gasteiger partial charge in [0.2, 0.25) is 5.91 Å². The van der Waals surface area contributed by atoms with Crippen LogP contribution in [-0.2, 0) is 17.8 Å². The number of aryl methyl sites for hydroxylation is 1. The Bertz CT molecular complexity index is 566. The van der Waals surface area contributed by atoms with Gasteiger partial charge >= 0.3 is 0 Å². The highest BCUT2D eigenvalue weighted by molar-refractivity contribution is 8.00. The van der Waals surface area contributed by atoms with Crippen LogP contribution in [0.1, 0.15) is 18.1 Å². The molecule has 0 saturated heterocycles. The lowest BCUT2D eigenvalue weighted by atomic mass is 10.1. The van der Waals surface area contributed by atoms with Crippen molar-refractivity contribution in [1.82, 2.24) is 4.90 Å². The molecule has 0 unspecified atom stereocenters. The SMILES string of the molecule is CCc1ccc(CN(C)C(=O)CSc2ccccc2)cc1. The van der Waals surface area contributed by atoms with E-state index >= 15 is 0 Å². The maximum atomic E-state index is 12.1. The molecule has 0 heterocycles. The highest BCUT2D eigenvalue weighted by atomic mass is 32.2. The molecule has 0 fully saturated rings. The Kier molecular flexibility index (Phi) is 5.88. The Balaban J connectivity index is 1.84. The molecule has 2 nitrogen and oxygen atoms in total. The summed E-state index contributed by atoms with van der Waals surface area (Å²) in [6.45, 7) is 2.81. The van der Waals surface area contributed by atoms with Gasteiger partial charge in [0.05, 0.1) is 5.75 Å². The highest BCUT2D eigenvalue weighted by Crippen LogP contribution is 2.17. The molecule has 0 saturated carbocycles. The molecule has 0 radical (unpaired) electrons. The standard InChI is InChI=1S/C18H21NOS/c1-3-15-9-11-16(12-10-15)13-19(2)18(20)14-21-17-7-5-4-6-8-17/h4-12H,3,13-14H2,1-2H3. The zero-order chi connectivity index (χ0) is 15.1. The zero-order valence-electron chi connectivity index (χ0n) is 12.6. The summed E-state index contributed by atoms with van der Waals surface area (Å²) in [5.41, 5.74) is 2.50. The van der Waals surface area contributed by atoms with Gasteiger partial charge in [-0.15, -0.1) is 11.8 Å². The van der Waals surface area contributed by atoms with Gasteiger partial charge in [-0.25, -0.2) is 0 Å². The van der Waals surface area contributed by atoms with Crippen LogP contribution in [0.3, 0.4) is 0 Å². The predicted octanol–water partition coefficient (Wildman–Crippen LogP) is 4.00. The third-order valence-corrected chi connectivity index (χ3v) is 4.38. The second kappa shape index (κ2) is 7.89.